The predicted octanol–water partition coefficient (Wildman–Crippen LogP) is 0.866. The van der Waals surface area contributed by atoms with Gasteiger partial charge in [-0.05, 0) is 19.4 Å². The molecule has 0 aliphatic carbocycles. The molecule has 1 N–H and O–H groups in total. The highest BCUT2D eigenvalue weighted by Gasteiger charge is 2.54. The molecule has 4 rings (SSSR count). The van der Waals surface area contributed by atoms with E-state index in [-0.39, 0.29) is 11.5 Å². The van der Waals surface area contributed by atoms with Crippen LogP contribution in [-0.2, 0) is 14.2 Å². The van der Waals surface area contributed by atoms with Crippen LogP contribution < -0.4 is 5.32 Å². The molecule has 4 aliphatic heterocycles. The summed E-state index contributed by atoms with van der Waals surface area (Å²) in [5.41, 5.74) is 0.0659. The molecule has 0 aromatic carbocycles. The Morgan fingerprint density at radius 3 is 2.27 bits per heavy atom. The predicted molar refractivity (Wildman–Crippen MR) is 54.3 cm³/mol. The van der Waals surface area contributed by atoms with Crippen LogP contribution in [0.1, 0.15) is 26.2 Å². The molecule has 4 aliphatic rings. The molecule has 4 fully saturated rings. The van der Waals surface area contributed by atoms with Crippen molar-refractivity contribution >= 4 is 0 Å². The van der Waals surface area contributed by atoms with Crippen molar-refractivity contribution in [2.45, 2.75) is 38.2 Å². The summed E-state index contributed by atoms with van der Waals surface area (Å²) >= 11 is 0. The first-order valence-corrected chi connectivity index (χ1v) is 5.88. The summed E-state index contributed by atoms with van der Waals surface area (Å²) in [4.78, 5) is 0. The average Bonchev–Trinajstić information content (AvgIpc) is 2.32. The Hall–Kier alpha value is -0.160. The smallest absolute Gasteiger partial charge is 0.299 e. The van der Waals surface area contributed by atoms with E-state index < -0.39 is 5.97 Å². The van der Waals surface area contributed by atoms with Gasteiger partial charge in [-0.3, -0.25) is 0 Å². The monoisotopic (exact) mass is 213 g/mol. The Kier molecular flexibility index (Phi) is 2.28. The number of nitrogens with one attached hydrogen (secondary N) is 1. The SMILES string of the molecule is CC12COC(C3CCCCN3)(OC1)OC2. The Bertz CT molecular complexity index is 226. The van der Waals surface area contributed by atoms with E-state index in [1.807, 2.05) is 0 Å². The molecular weight excluding hydrogens is 194 g/mol. The first kappa shape index (κ1) is 10.0. The maximum absolute atomic E-state index is 5.80. The number of ether oxygens (including phenoxy) is 3. The standard InChI is InChI=1S/C11H19NO3/c1-10-6-13-11(14-7-10,15-8-10)9-4-2-3-5-12-9/h9,12H,2-8H2,1H3. The van der Waals surface area contributed by atoms with Crippen molar-refractivity contribution in [2.24, 2.45) is 5.41 Å². The van der Waals surface area contributed by atoms with Gasteiger partial charge < -0.3 is 19.5 Å². The van der Waals surface area contributed by atoms with Crippen molar-refractivity contribution in [2.75, 3.05) is 26.4 Å². The number of fused-ring (bicyclic) bond motifs is 3. The van der Waals surface area contributed by atoms with E-state index in [4.69, 9.17) is 14.2 Å². The molecule has 0 aromatic rings. The Morgan fingerprint density at radius 2 is 1.73 bits per heavy atom. The zero-order chi connectivity index (χ0) is 10.4. The lowest BCUT2D eigenvalue weighted by Crippen LogP contribution is -2.67. The molecule has 0 spiro atoms. The van der Waals surface area contributed by atoms with Gasteiger partial charge in [-0.15, -0.1) is 0 Å². The van der Waals surface area contributed by atoms with Crippen LogP contribution in [0.25, 0.3) is 0 Å². The molecule has 0 saturated carbocycles. The Balaban J connectivity index is 1.74. The summed E-state index contributed by atoms with van der Waals surface area (Å²) in [6.07, 6.45) is 3.55. The third-order valence-electron chi connectivity index (χ3n) is 3.60. The number of rotatable bonds is 1. The van der Waals surface area contributed by atoms with E-state index in [2.05, 4.69) is 12.2 Å². The molecule has 15 heavy (non-hydrogen) atoms. The molecule has 4 saturated heterocycles. The minimum absolute atomic E-state index is 0.0659. The summed E-state index contributed by atoms with van der Waals surface area (Å²) in [5, 5.41) is 3.44. The number of hydrogen-bond acceptors (Lipinski definition) is 4. The molecule has 4 nitrogen and oxygen atoms in total. The van der Waals surface area contributed by atoms with Gasteiger partial charge in [0.1, 0.15) is 0 Å². The topological polar surface area (TPSA) is 39.7 Å². The van der Waals surface area contributed by atoms with E-state index in [1.54, 1.807) is 0 Å². The highest BCUT2D eigenvalue weighted by molar-refractivity contribution is 4.91. The molecule has 1 atom stereocenters. The number of hydrogen-bond donors (Lipinski definition) is 1. The van der Waals surface area contributed by atoms with Crippen molar-refractivity contribution in [3.8, 4) is 0 Å². The summed E-state index contributed by atoms with van der Waals surface area (Å²) in [6.45, 7) is 5.45. The van der Waals surface area contributed by atoms with Crippen LogP contribution in [0, 0.1) is 5.41 Å². The Labute approximate surface area is 90.3 Å². The van der Waals surface area contributed by atoms with Gasteiger partial charge in [0, 0.05) is 5.41 Å². The van der Waals surface area contributed by atoms with Gasteiger partial charge in [0.05, 0.1) is 25.9 Å². The van der Waals surface area contributed by atoms with Crippen LogP contribution >= 0.6 is 0 Å². The van der Waals surface area contributed by atoms with Crippen LogP contribution in [0.5, 0.6) is 0 Å². The Morgan fingerprint density at radius 1 is 1.07 bits per heavy atom. The van der Waals surface area contributed by atoms with Gasteiger partial charge in [0.2, 0.25) is 0 Å². The van der Waals surface area contributed by atoms with Crippen LogP contribution in [0.3, 0.4) is 0 Å². The first-order valence-electron chi connectivity index (χ1n) is 5.88. The normalized spacial score (nSPS) is 50.6. The van der Waals surface area contributed by atoms with Gasteiger partial charge in [0.25, 0.3) is 5.97 Å². The zero-order valence-corrected chi connectivity index (χ0v) is 9.25. The zero-order valence-electron chi connectivity index (χ0n) is 9.25. The van der Waals surface area contributed by atoms with E-state index in [0.29, 0.717) is 0 Å². The molecule has 0 aromatic heterocycles. The lowest BCUT2D eigenvalue weighted by molar-refractivity contribution is -0.475. The second-order valence-electron chi connectivity index (χ2n) is 5.28. The molecule has 4 heterocycles. The largest absolute Gasteiger partial charge is 0.325 e. The van der Waals surface area contributed by atoms with Gasteiger partial charge in [-0.25, -0.2) is 0 Å². The van der Waals surface area contributed by atoms with Gasteiger partial charge >= 0.3 is 0 Å². The molecule has 0 radical (unpaired) electrons. The molecule has 1 unspecified atom stereocenters. The third kappa shape index (κ3) is 1.60. The van der Waals surface area contributed by atoms with Crippen LogP contribution in [-0.4, -0.2) is 38.4 Å². The molecule has 2 bridgehead atoms. The lowest BCUT2D eigenvalue weighted by Gasteiger charge is -2.53. The fourth-order valence-corrected chi connectivity index (χ4v) is 2.53. The highest BCUT2D eigenvalue weighted by atomic mass is 16.9. The third-order valence-corrected chi connectivity index (χ3v) is 3.60. The molecule has 0 amide bonds. The summed E-state index contributed by atoms with van der Waals surface area (Å²) < 4.78 is 17.4. The minimum Gasteiger partial charge on any atom is -0.325 e. The molecule has 86 valence electrons. The average molecular weight is 213 g/mol. The summed E-state index contributed by atoms with van der Waals surface area (Å²) in [5.74, 6) is -0.780. The van der Waals surface area contributed by atoms with E-state index in [9.17, 15) is 0 Å². The maximum Gasteiger partial charge on any atom is 0.299 e. The molecule has 4 heteroatoms. The summed E-state index contributed by atoms with van der Waals surface area (Å²) in [6, 6.07) is 0.205. The van der Waals surface area contributed by atoms with Gasteiger partial charge in [-0.1, -0.05) is 13.3 Å². The quantitative estimate of drug-likeness (QED) is 0.701. The highest BCUT2D eigenvalue weighted by Crippen LogP contribution is 2.41. The van der Waals surface area contributed by atoms with Crippen LogP contribution in [0.4, 0.5) is 0 Å². The van der Waals surface area contributed by atoms with E-state index in [1.165, 1.54) is 12.8 Å². The van der Waals surface area contributed by atoms with Crippen LogP contribution in [0.2, 0.25) is 0 Å². The first-order chi connectivity index (χ1) is 7.23. The van der Waals surface area contributed by atoms with Crippen molar-refractivity contribution in [3.63, 3.8) is 0 Å². The number of piperidine rings is 1. The fraction of sp³-hybridized carbons (Fsp3) is 1.00. The van der Waals surface area contributed by atoms with Gasteiger partial charge in [0.15, 0.2) is 0 Å². The van der Waals surface area contributed by atoms with Crippen molar-refractivity contribution in [3.05, 3.63) is 0 Å². The maximum atomic E-state index is 5.80. The lowest BCUT2D eigenvalue weighted by atomic mass is 9.90. The second kappa shape index (κ2) is 3.42. The second-order valence-corrected chi connectivity index (χ2v) is 5.28. The van der Waals surface area contributed by atoms with E-state index >= 15 is 0 Å². The van der Waals surface area contributed by atoms with E-state index in [0.717, 1.165) is 32.8 Å². The molecular formula is C11H19NO3. The van der Waals surface area contributed by atoms with Crippen LogP contribution in [0.15, 0.2) is 0 Å². The van der Waals surface area contributed by atoms with Crippen molar-refractivity contribution < 1.29 is 14.2 Å². The van der Waals surface area contributed by atoms with Crippen molar-refractivity contribution in [1.82, 2.24) is 5.32 Å². The van der Waals surface area contributed by atoms with Gasteiger partial charge in [-0.2, -0.15) is 0 Å². The van der Waals surface area contributed by atoms with Crippen molar-refractivity contribution in [1.29, 1.82) is 0 Å². The fourth-order valence-electron chi connectivity index (χ4n) is 2.53. The minimum atomic E-state index is -0.780. The summed E-state index contributed by atoms with van der Waals surface area (Å²) in [7, 11) is 0.